The van der Waals surface area contributed by atoms with Crippen LogP contribution in [0.4, 0.5) is 0 Å². The van der Waals surface area contributed by atoms with Crippen LogP contribution in [0.15, 0.2) is 6.33 Å². The van der Waals surface area contributed by atoms with Crippen molar-refractivity contribution in [2.45, 2.75) is 31.9 Å². The van der Waals surface area contributed by atoms with Crippen LogP contribution in [0.25, 0.3) is 0 Å². The Morgan fingerprint density at radius 3 is 3.20 bits per heavy atom. The van der Waals surface area contributed by atoms with Gasteiger partial charge in [0.2, 0.25) is 0 Å². The van der Waals surface area contributed by atoms with Gasteiger partial charge < -0.3 is 14.0 Å². The summed E-state index contributed by atoms with van der Waals surface area (Å²) in [5.74, 6) is 1.40. The molecule has 2 atom stereocenters. The standard InChI is InChI=1S/C10H17N3O2/c1-8-9(3-5-15-8)10-12-11-7-13(10)4-6-14-2/h7-9H,3-6H2,1-2H3. The van der Waals surface area contributed by atoms with Crippen molar-refractivity contribution >= 4 is 0 Å². The van der Waals surface area contributed by atoms with E-state index in [4.69, 9.17) is 9.47 Å². The van der Waals surface area contributed by atoms with Crippen LogP contribution in [0.1, 0.15) is 25.1 Å². The number of aromatic nitrogens is 3. The number of hydrogen-bond donors (Lipinski definition) is 0. The number of hydrogen-bond acceptors (Lipinski definition) is 4. The van der Waals surface area contributed by atoms with E-state index in [1.165, 1.54) is 0 Å². The third-order valence-corrected chi connectivity index (χ3v) is 2.89. The van der Waals surface area contributed by atoms with E-state index in [0.29, 0.717) is 12.5 Å². The lowest BCUT2D eigenvalue weighted by atomic mass is 10.0. The molecule has 1 fully saturated rings. The quantitative estimate of drug-likeness (QED) is 0.739. The first-order valence-electron chi connectivity index (χ1n) is 5.31. The van der Waals surface area contributed by atoms with Crippen LogP contribution in [0.2, 0.25) is 0 Å². The molecule has 1 aromatic rings. The number of ether oxygens (including phenoxy) is 2. The number of methoxy groups -OCH3 is 1. The monoisotopic (exact) mass is 211 g/mol. The van der Waals surface area contributed by atoms with Gasteiger partial charge in [0.1, 0.15) is 12.2 Å². The summed E-state index contributed by atoms with van der Waals surface area (Å²) in [6.45, 7) is 4.41. The average molecular weight is 211 g/mol. The van der Waals surface area contributed by atoms with Gasteiger partial charge in [0.15, 0.2) is 0 Å². The molecule has 0 aromatic carbocycles. The van der Waals surface area contributed by atoms with Crippen LogP contribution in [0.3, 0.4) is 0 Å². The molecule has 84 valence electrons. The second-order valence-corrected chi connectivity index (χ2v) is 3.85. The maximum atomic E-state index is 5.54. The van der Waals surface area contributed by atoms with Gasteiger partial charge in [-0.05, 0) is 13.3 Å². The summed E-state index contributed by atoms with van der Waals surface area (Å²) in [5, 5.41) is 8.13. The zero-order chi connectivity index (χ0) is 10.7. The van der Waals surface area contributed by atoms with Gasteiger partial charge in [0.25, 0.3) is 0 Å². The second kappa shape index (κ2) is 4.72. The molecule has 0 amide bonds. The number of rotatable bonds is 4. The molecule has 0 N–H and O–H groups in total. The van der Waals surface area contributed by atoms with Crippen molar-refractivity contribution in [3.63, 3.8) is 0 Å². The zero-order valence-corrected chi connectivity index (χ0v) is 9.22. The molecule has 1 aromatic heterocycles. The molecule has 15 heavy (non-hydrogen) atoms. The summed E-state index contributed by atoms with van der Waals surface area (Å²) >= 11 is 0. The molecule has 0 saturated carbocycles. The molecule has 1 aliphatic heterocycles. The van der Waals surface area contributed by atoms with Gasteiger partial charge in [0, 0.05) is 26.2 Å². The molecule has 2 unspecified atom stereocenters. The van der Waals surface area contributed by atoms with Crippen LogP contribution < -0.4 is 0 Å². The minimum absolute atomic E-state index is 0.246. The Labute approximate surface area is 89.4 Å². The van der Waals surface area contributed by atoms with Gasteiger partial charge in [-0.3, -0.25) is 0 Å². The smallest absolute Gasteiger partial charge is 0.138 e. The molecule has 0 aliphatic carbocycles. The summed E-state index contributed by atoms with van der Waals surface area (Å²) in [5.41, 5.74) is 0. The average Bonchev–Trinajstić information content (AvgIpc) is 2.82. The fourth-order valence-electron chi connectivity index (χ4n) is 1.98. The van der Waals surface area contributed by atoms with Crippen LogP contribution in [0.5, 0.6) is 0 Å². The first-order chi connectivity index (χ1) is 7.33. The van der Waals surface area contributed by atoms with Crippen LogP contribution in [-0.2, 0) is 16.0 Å². The van der Waals surface area contributed by atoms with E-state index < -0.39 is 0 Å². The van der Waals surface area contributed by atoms with Crippen LogP contribution in [-0.4, -0.2) is 41.2 Å². The Kier molecular flexibility index (Phi) is 3.33. The molecule has 2 rings (SSSR count). The largest absolute Gasteiger partial charge is 0.383 e. The molecule has 5 heteroatoms. The third-order valence-electron chi connectivity index (χ3n) is 2.89. The molecule has 0 spiro atoms. The first-order valence-corrected chi connectivity index (χ1v) is 5.31. The van der Waals surface area contributed by atoms with Crippen LogP contribution >= 0.6 is 0 Å². The second-order valence-electron chi connectivity index (χ2n) is 3.85. The molecule has 1 saturated heterocycles. The summed E-state index contributed by atoms with van der Waals surface area (Å²) in [4.78, 5) is 0. The molecule has 2 heterocycles. The normalized spacial score (nSPS) is 26.0. The van der Waals surface area contributed by atoms with Gasteiger partial charge in [-0.15, -0.1) is 10.2 Å². The maximum absolute atomic E-state index is 5.54. The van der Waals surface area contributed by atoms with Crippen molar-refractivity contribution in [1.82, 2.24) is 14.8 Å². The predicted octanol–water partition coefficient (Wildman–Crippen LogP) is 0.817. The SMILES string of the molecule is COCCn1cnnc1C1CCOC1C. The van der Waals surface area contributed by atoms with E-state index >= 15 is 0 Å². The fourth-order valence-corrected chi connectivity index (χ4v) is 1.98. The van der Waals surface area contributed by atoms with Crippen molar-refractivity contribution < 1.29 is 9.47 Å². The highest BCUT2D eigenvalue weighted by atomic mass is 16.5. The van der Waals surface area contributed by atoms with Gasteiger partial charge in [0.05, 0.1) is 12.7 Å². The lowest BCUT2D eigenvalue weighted by molar-refractivity contribution is 0.116. The Morgan fingerprint density at radius 1 is 1.67 bits per heavy atom. The van der Waals surface area contributed by atoms with Crippen LogP contribution in [0, 0.1) is 0 Å². The first kappa shape index (κ1) is 10.6. The van der Waals surface area contributed by atoms with Gasteiger partial charge in [-0.25, -0.2) is 0 Å². The molecule has 0 radical (unpaired) electrons. The van der Waals surface area contributed by atoms with E-state index in [9.17, 15) is 0 Å². The van der Waals surface area contributed by atoms with E-state index in [1.54, 1.807) is 13.4 Å². The topological polar surface area (TPSA) is 49.2 Å². The Morgan fingerprint density at radius 2 is 2.53 bits per heavy atom. The molecular formula is C10H17N3O2. The Bertz CT molecular complexity index is 313. The zero-order valence-electron chi connectivity index (χ0n) is 9.22. The lowest BCUT2D eigenvalue weighted by Gasteiger charge is -2.14. The molecular weight excluding hydrogens is 194 g/mol. The third kappa shape index (κ3) is 2.18. The van der Waals surface area contributed by atoms with E-state index in [2.05, 4.69) is 21.7 Å². The van der Waals surface area contributed by atoms with Crippen molar-refractivity contribution in [1.29, 1.82) is 0 Å². The summed E-state index contributed by atoms with van der Waals surface area (Å²) in [6, 6.07) is 0. The van der Waals surface area contributed by atoms with E-state index in [-0.39, 0.29) is 6.10 Å². The van der Waals surface area contributed by atoms with E-state index in [0.717, 1.165) is 25.4 Å². The minimum Gasteiger partial charge on any atom is -0.383 e. The maximum Gasteiger partial charge on any atom is 0.138 e. The van der Waals surface area contributed by atoms with Crippen molar-refractivity contribution in [3.8, 4) is 0 Å². The Hall–Kier alpha value is -0.940. The lowest BCUT2D eigenvalue weighted by Crippen LogP contribution is -2.16. The highest BCUT2D eigenvalue weighted by Crippen LogP contribution is 2.29. The van der Waals surface area contributed by atoms with Gasteiger partial charge in [-0.2, -0.15) is 0 Å². The summed E-state index contributed by atoms with van der Waals surface area (Å²) < 4.78 is 12.6. The molecule has 1 aliphatic rings. The van der Waals surface area contributed by atoms with Crippen molar-refractivity contribution in [3.05, 3.63) is 12.2 Å². The summed E-state index contributed by atoms with van der Waals surface area (Å²) in [6.07, 6.45) is 3.04. The highest BCUT2D eigenvalue weighted by Gasteiger charge is 2.29. The molecule has 5 nitrogen and oxygen atoms in total. The fraction of sp³-hybridized carbons (Fsp3) is 0.800. The van der Waals surface area contributed by atoms with E-state index in [1.807, 2.05) is 0 Å². The highest BCUT2D eigenvalue weighted by molar-refractivity contribution is 5.01. The van der Waals surface area contributed by atoms with Crippen molar-refractivity contribution in [2.24, 2.45) is 0 Å². The predicted molar refractivity (Wildman–Crippen MR) is 54.7 cm³/mol. The van der Waals surface area contributed by atoms with Gasteiger partial charge >= 0.3 is 0 Å². The molecule has 0 bridgehead atoms. The van der Waals surface area contributed by atoms with Gasteiger partial charge in [-0.1, -0.05) is 0 Å². The summed E-state index contributed by atoms with van der Waals surface area (Å²) in [7, 11) is 1.70. The number of nitrogens with zero attached hydrogens (tertiary/aromatic N) is 3. The Balaban J connectivity index is 2.09. The van der Waals surface area contributed by atoms with Crippen molar-refractivity contribution in [2.75, 3.05) is 20.3 Å². The minimum atomic E-state index is 0.246.